The van der Waals surface area contributed by atoms with E-state index in [0.29, 0.717) is 22.0 Å². The number of halogens is 6. The molecule has 1 unspecified atom stereocenters. The van der Waals surface area contributed by atoms with E-state index in [0.717, 1.165) is 5.01 Å². The molecule has 0 aromatic heterocycles. The topological polar surface area (TPSA) is 39.4 Å². The summed E-state index contributed by atoms with van der Waals surface area (Å²) in [6.07, 6.45) is -5.04. The molecule has 28 heavy (non-hydrogen) atoms. The van der Waals surface area contributed by atoms with Crippen molar-refractivity contribution in [3.63, 3.8) is 0 Å². The molecular weight excluding hydrogens is 478 g/mol. The van der Waals surface area contributed by atoms with E-state index in [1.54, 1.807) is 18.2 Å². The van der Waals surface area contributed by atoms with Gasteiger partial charge < -0.3 is 0 Å². The lowest BCUT2D eigenvalue weighted by molar-refractivity contribution is -0.227. The molecule has 0 radical (unpaired) electrons. The third-order valence-corrected chi connectivity index (χ3v) is 5.80. The van der Waals surface area contributed by atoms with E-state index in [-0.39, 0.29) is 21.3 Å². The van der Waals surface area contributed by atoms with E-state index >= 15 is 0 Å². The van der Waals surface area contributed by atoms with Crippen molar-refractivity contribution < 1.29 is 13.2 Å². The molecule has 0 bridgehead atoms. The molecule has 146 valence electrons. The summed E-state index contributed by atoms with van der Waals surface area (Å²) in [5.74, 6) is 0. The first-order valence-electron chi connectivity index (χ1n) is 8.06. The van der Waals surface area contributed by atoms with E-state index in [1.165, 1.54) is 25.2 Å². The van der Waals surface area contributed by atoms with Gasteiger partial charge in [0.2, 0.25) is 0 Å². The summed E-state index contributed by atoms with van der Waals surface area (Å²) < 4.78 is 43.0. The largest absolute Gasteiger partial charge is 0.417 e. The highest BCUT2D eigenvalue weighted by atomic mass is 79.9. The predicted molar refractivity (Wildman–Crippen MR) is 107 cm³/mol. The summed E-state index contributed by atoms with van der Waals surface area (Å²) in [5, 5.41) is 14.9. The molecule has 0 aliphatic carbocycles. The maximum absolute atomic E-state index is 14.3. The van der Waals surface area contributed by atoms with Gasteiger partial charge in [0.05, 0.1) is 17.3 Å². The van der Waals surface area contributed by atoms with Gasteiger partial charge in [-0.3, -0.25) is 5.01 Å². The van der Waals surface area contributed by atoms with Gasteiger partial charge in [0.25, 0.3) is 0 Å². The number of hydrazone groups is 1. The first-order valence-corrected chi connectivity index (χ1v) is 9.94. The number of rotatable bonds is 3. The Morgan fingerprint density at radius 3 is 2.39 bits per heavy atom. The average molecular weight is 491 g/mol. The summed E-state index contributed by atoms with van der Waals surface area (Å²) in [4.78, 5) is 0. The van der Waals surface area contributed by atoms with Crippen LogP contribution >= 0.6 is 39.1 Å². The number of hydrogen-bond acceptors (Lipinski definition) is 3. The first kappa shape index (κ1) is 21.0. The van der Waals surface area contributed by atoms with Crippen LogP contribution in [0, 0.1) is 11.3 Å². The van der Waals surface area contributed by atoms with E-state index < -0.39 is 18.1 Å². The minimum Gasteiger partial charge on any atom is -0.280 e. The second-order valence-corrected chi connectivity index (χ2v) is 7.81. The fourth-order valence-corrected chi connectivity index (χ4v) is 4.33. The Kier molecular flexibility index (Phi) is 5.68. The monoisotopic (exact) mass is 489 g/mol. The number of alkyl halides is 4. The van der Waals surface area contributed by atoms with E-state index in [9.17, 15) is 13.2 Å². The van der Waals surface area contributed by atoms with Gasteiger partial charge >= 0.3 is 6.18 Å². The van der Waals surface area contributed by atoms with Gasteiger partial charge in [-0.15, -0.1) is 0 Å². The van der Waals surface area contributed by atoms with Crippen LogP contribution in [0.15, 0.2) is 41.5 Å². The lowest BCUT2D eigenvalue weighted by Gasteiger charge is -2.37. The summed E-state index contributed by atoms with van der Waals surface area (Å²) in [6.45, 7) is 0. The van der Waals surface area contributed by atoms with Crippen molar-refractivity contribution >= 4 is 44.8 Å². The van der Waals surface area contributed by atoms with Crippen LogP contribution in [0.2, 0.25) is 10.0 Å². The molecule has 0 saturated heterocycles. The third-order valence-electron chi connectivity index (χ3n) is 4.76. The van der Waals surface area contributed by atoms with Crippen LogP contribution in [0.4, 0.5) is 13.2 Å². The molecule has 2 aromatic rings. The van der Waals surface area contributed by atoms with E-state index in [2.05, 4.69) is 27.1 Å². The predicted octanol–water partition coefficient (Wildman–Crippen LogP) is 6.26. The molecule has 0 spiro atoms. The highest BCUT2D eigenvalue weighted by molar-refractivity contribution is 9.08. The maximum atomic E-state index is 14.3. The Morgan fingerprint density at radius 1 is 1.21 bits per heavy atom. The van der Waals surface area contributed by atoms with Gasteiger partial charge in [0.15, 0.2) is 5.54 Å². The van der Waals surface area contributed by atoms with Crippen LogP contribution in [0.5, 0.6) is 0 Å². The molecule has 0 amide bonds. The van der Waals surface area contributed by atoms with Gasteiger partial charge in [-0.25, -0.2) is 0 Å². The molecule has 3 nitrogen and oxygen atoms in total. The van der Waals surface area contributed by atoms with Crippen LogP contribution in [-0.4, -0.2) is 23.9 Å². The quantitative estimate of drug-likeness (QED) is 0.476. The third kappa shape index (κ3) is 3.49. The van der Waals surface area contributed by atoms with Crippen LogP contribution in [0.3, 0.4) is 0 Å². The van der Waals surface area contributed by atoms with Gasteiger partial charge in [0.1, 0.15) is 0 Å². The molecule has 1 atom stereocenters. The van der Waals surface area contributed by atoms with Crippen LogP contribution < -0.4 is 0 Å². The van der Waals surface area contributed by atoms with Crippen molar-refractivity contribution in [2.45, 2.75) is 23.5 Å². The van der Waals surface area contributed by atoms with Crippen molar-refractivity contribution in [3.8, 4) is 6.07 Å². The first-order chi connectivity index (χ1) is 13.1. The molecule has 1 aliphatic rings. The Morgan fingerprint density at radius 2 is 1.86 bits per heavy atom. The van der Waals surface area contributed by atoms with Gasteiger partial charge in [-0.1, -0.05) is 45.2 Å². The highest BCUT2D eigenvalue weighted by Gasteiger charge is 2.62. The Labute approximate surface area is 178 Å². The summed E-state index contributed by atoms with van der Waals surface area (Å²) >= 11 is 15.2. The van der Waals surface area contributed by atoms with Crippen LogP contribution in [0.25, 0.3) is 0 Å². The van der Waals surface area contributed by atoms with Crippen molar-refractivity contribution in [1.82, 2.24) is 5.01 Å². The molecule has 1 aliphatic heterocycles. The molecular formula is C19H13BrCl2F3N3. The SMILES string of the molecule is CN1N=C(c2ccc(C#N)c(CBr)c2)CC1(c1cc(Cl)cc(Cl)c1)C(F)(F)F. The van der Waals surface area contributed by atoms with E-state index in [4.69, 9.17) is 28.5 Å². The zero-order valence-electron chi connectivity index (χ0n) is 14.5. The average Bonchev–Trinajstić information content (AvgIpc) is 2.98. The van der Waals surface area contributed by atoms with Crippen molar-refractivity contribution in [1.29, 1.82) is 5.26 Å². The Balaban J connectivity index is 2.11. The lowest BCUT2D eigenvalue weighted by Crippen LogP contribution is -2.50. The molecule has 3 rings (SSSR count). The number of benzene rings is 2. The minimum atomic E-state index is -4.63. The van der Waals surface area contributed by atoms with Crippen molar-refractivity contribution in [3.05, 3.63) is 68.7 Å². The lowest BCUT2D eigenvalue weighted by atomic mass is 9.83. The molecule has 0 fully saturated rings. The molecule has 1 heterocycles. The van der Waals surface area contributed by atoms with Crippen LogP contribution in [0.1, 0.15) is 28.7 Å². The zero-order chi connectivity index (χ0) is 20.7. The molecule has 0 N–H and O–H groups in total. The Bertz CT molecular complexity index is 981. The summed E-state index contributed by atoms with van der Waals surface area (Å²) in [7, 11) is 1.28. The maximum Gasteiger partial charge on any atom is 0.417 e. The second kappa shape index (κ2) is 7.58. The summed E-state index contributed by atoms with van der Waals surface area (Å²) in [5.41, 5.74) is -0.536. The van der Waals surface area contributed by atoms with Crippen LogP contribution in [-0.2, 0) is 10.9 Å². The molecule has 2 aromatic carbocycles. The van der Waals surface area contributed by atoms with Crippen molar-refractivity contribution in [2.24, 2.45) is 5.10 Å². The van der Waals surface area contributed by atoms with Crippen molar-refractivity contribution in [2.75, 3.05) is 7.05 Å². The van der Waals surface area contributed by atoms with Gasteiger partial charge in [-0.05, 0) is 47.0 Å². The minimum absolute atomic E-state index is 0.0758. The van der Waals surface area contributed by atoms with Gasteiger partial charge in [-0.2, -0.15) is 23.5 Å². The Hall–Kier alpha value is -1.75. The summed E-state index contributed by atoms with van der Waals surface area (Å²) in [6, 6.07) is 10.8. The number of nitriles is 1. The fraction of sp³-hybridized carbons (Fsp3) is 0.263. The number of hydrogen-bond donors (Lipinski definition) is 0. The molecule has 9 heteroatoms. The second-order valence-electron chi connectivity index (χ2n) is 6.38. The zero-order valence-corrected chi connectivity index (χ0v) is 17.6. The highest BCUT2D eigenvalue weighted by Crippen LogP contribution is 2.50. The number of nitrogens with zero attached hydrogens (tertiary/aromatic N) is 3. The fourth-order valence-electron chi connectivity index (χ4n) is 3.34. The molecule has 0 saturated carbocycles. The van der Waals surface area contributed by atoms with E-state index in [1.807, 2.05) is 0 Å². The smallest absolute Gasteiger partial charge is 0.280 e. The normalized spacial score (nSPS) is 19.5. The standard InChI is InChI=1S/C19H13BrCl2F3N3/c1-28-18(19(23,24)25,14-5-15(21)7-16(22)6-14)8-17(27-28)11-2-3-12(10-26)13(4-11)9-20/h2-7H,8-9H2,1H3. The van der Waals surface area contributed by atoms with Gasteiger partial charge in [0, 0.05) is 28.8 Å².